The molecule has 2 aromatic heterocycles. The van der Waals surface area contributed by atoms with Crippen molar-refractivity contribution in [2.75, 3.05) is 0 Å². The summed E-state index contributed by atoms with van der Waals surface area (Å²) < 4.78 is 0.727. The molecule has 0 saturated heterocycles. The molecule has 0 amide bonds. The van der Waals surface area contributed by atoms with E-state index in [1.165, 1.54) is 11.3 Å². The molecule has 2 aromatic rings. The minimum atomic E-state index is -0.00361. The molecule has 0 aliphatic heterocycles. The fraction of sp³-hybridized carbons (Fsp3) is 0.400. The maximum absolute atomic E-state index is 11.5. The van der Waals surface area contributed by atoms with E-state index < -0.39 is 0 Å². The van der Waals surface area contributed by atoms with E-state index in [0.717, 1.165) is 35.3 Å². The van der Waals surface area contributed by atoms with Crippen LogP contribution >= 0.6 is 11.3 Å². The average molecular weight is 208 g/mol. The average Bonchev–Trinajstić information content (AvgIpc) is 2.63. The molecule has 3 nitrogen and oxygen atoms in total. The predicted octanol–water partition coefficient (Wildman–Crippen LogP) is 2.33. The molecule has 0 aliphatic rings. The van der Waals surface area contributed by atoms with E-state index in [1.54, 1.807) is 0 Å². The molecule has 1 N–H and O–H groups in total. The lowest BCUT2D eigenvalue weighted by atomic mass is 10.2. The van der Waals surface area contributed by atoms with Crippen molar-refractivity contribution in [1.29, 1.82) is 0 Å². The van der Waals surface area contributed by atoms with Crippen LogP contribution in [0.2, 0.25) is 0 Å². The number of hydrogen-bond acceptors (Lipinski definition) is 3. The Morgan fingerprint density at radius 3 is 3.21 bits per heavy atom. The number of thiophene rings is 1. The summed E-state index contributed by atoms with van der Waals surface area (Å²) in [7, 11) is 0. The number of nitrogens with one attached hydrogen (secondary N) is 1. The van der Waals surface area contributed by atoms with Gasteiger partial charge in [-0.25, -0.2) is 4.98 Å². The molecule has 0 aliphatic carbocycles. The Morgan fingerprint density at radius 1 is 1.57 bits per heavy atom. The van der Waals surface area contributed by atoms with Crippen LogP contribution in [0.1, 0.15) is 25.6 Å². The van der Waals surface area contributed by atoms with Gasteiger partial charge in [-0.05, 0) is 17.9 Å². The summed E-state index contributed by atoms with van der Waals surface area (Å²) in [6, 6.07) is 1.89. The molecule has 14 heavy (non-hydrogen) atoms. The maximum atomic E-state index is 11.5. The Morgan fingerprint density at radius 2 is 2.43 bits per heavy atom. The topological polar surface area (TPSA) is 45.8 Å². The lowest BCUT2D eigenvalue weighted by Gasteiger charge is -1.98. The summed E-state index contributed by atoms with van der Waals surface area (Å²) in [6.45, 7) is 2.13. The number of rotatable bonds is 3. The molecule has 0 aromatic carbocycles. The lowest BCUT2D eigenvalue weighted by molar-refractivity contribution is 0.754. The maximum Gasteiger partial charge on any atom is 0.268 e. The second kappa shape index (κ2) is 3.92. The Hall–Kier alpha value is -1.16. The van der Waals surface area contributed by atoms with Gasteiger partial charge in [0.1, 0.15) is 10.5 Å². The van der Waals surface area contributed by atoms with E-state index in [0.29, 0.717) is 0 Å². The number of hydrogen-bond donors (Lipinski definition) is 1. The number of unbranched alkanes of at least 4 members (excludes halogenated alkanes) is 1. The highest BCUT2D eigenvalue weighted by atomic mass is 32.1. The van der Waals surface area contributed by atoms with Crippen molar-refractivity contribution < 1.29 is 0 Å². The molecule has 0 unspecified atom stereocenters. The number of aromatic amines is 1. The van der Waals surface area contributed by atoms with E-state index in [-0.39, 0.29) is 5.56 Å². The molecule has 0 saturated carbocycles. The molecule has 0 radical (unpaired) electrons. The zero-order valence-corrected chi connectivity index (χ0v) is 8.86. The summed E-state index contributed by atoms with van der Waals surface area (Å²) in [5, 5.41) is 1.90. The third kappa shape index (κ3) is 1.70. The first-order chi connectivity index (χ1) is 6.81. The quantitative estimate of drug-likeness (QED) is 0.841. The van der Waals surface area contributed by atoms with Gasteiger partial charge < -0.3 is 4.98 Å². The van der Waals surface area contributed by atoms with Gasteiger partial charge in [-0.3, -0.25) is 4.79 Å². The molecule has 4 heteroatoms. The first-order valence-corrected chi connectivity index (χ1v) is 5.65. The summed E-state index contributed by atoms with van der Waals surface area (Å²) in [4.78, 5) is 18.7. The minimum absolute atomic E-state index is 0.00361. The second-order valence-corrected chi connectivity index (χ2v) is 4.17. The van der Waals surface area contributed by atoms with Crippen LogP contribution in [0, 0.1) is 0 Å². The summed E-state index contributed by atoms with van der Waals surface area (Å²) >= 11 is 1.44. The van der Waals surface area contributed by atoms with E-state index in [4.69, 9.17) is 0 Å². The smallest absolute Gasteiger partial charge is 0.268 e. The first kappa shape index (κ1) is 9.40. The summed E-state index contributed by atoms with van der Waals surface area (Å²) in [5.41, 5.74) is 0.820. The normalized spacial score (nSPS) is 10.9. The zero-order valence-electron chi connectivity index (χ0n) is 8.04. The van der Waals surface area contributed by atoms with Crippen molar-refractivity contribution in [3.05, 3.63) is 27.6 Å². The van der Waals surface area contributed by atoms with Crippen LogP contribution in [-0.4, -0.2) is 9.97 Å². The molecule has 2 heterocycles. The van der Waals surface area contributed by atoms with Crippen molar-refractivity contribution in [1.82, 2.24) is 9.97 Å². The molecule has 2 rings (SSSR count). The van der Waals surface area contributed by atoms with Crippen molar-refractivity contribution in [2.24, 2.45) is 0 Å². The molecular weight excluding hydrogens is 196 g/mol. The van der Waals surface area contributed by atoms with Gasteiger partial charge in [-0.1, -0.05) is 13.3 Å². The van der Waals surface area contributed by atoms with Crippen molar-refractivity contribution in [3.8, 4) is 0 Å². The Kier molecular flexibility index (Phi) is 2.63. The molecule has 0 atom stereocenters. The van der Waals surface area contributed by atoms with Crippen molar-refractivity contribution in [2.45, 2.75) is 26.2 Å². The van der Waals surface area contributed by atoms with Crippen LogP contribution in [-0.2, 0) is 6.42 Å². The van der Waals surface area contributed by atoms with Crippen LogP contribution < -0.4 is 5.56 Å². The van der Waals surface area contributed by atoms with Gasteiger partial charge >= 0.3 is 0 Å². The molecular formula is C10H12N2OS. The van der Waals surface area contributed by atoms with E-state index in [2.05, 4.69) is 16.9 Å². The van der Waals surface area contributed by atoms with Crippen molar-refractivity contribution in [3.63, 3.8) is 0 Å². The highest BCUT2D eigenvalue weighted by Gasteiger charge is 2.03. The van der Waals surface area contributed by atoms with E-state index >= 15 is 0 Å². The summed E-state index contributed by atoms with van der Waals surface area (Å²) in [5.74, 6) is 0.808. The largest absolute Gasteiger partial charge is 0.309 e. The SMILES string of the molecule is CCCCc1nc2ccsc2c(=O)[nH]1. The van der Waals surface area contributed by atoms with Crippen LogP contribution in [0.5, 0.6) is 0 Å². The van der Waals surface area contributed by atoms with Gasteiger partial charge in [-0.2, -0.15) is 0 Å². The predicted molar refractivity (Wildman–Crippen MR) is 58.9 cm³/mol. The van der Waals surface area contributed by atoms with E-state index in [9.17, 15) is 4.79 Å². The van der Waals surface area contributed by atoms with E-state index in [1.807, 2.05) is 11.4 Å². The highest BCUT2D eigenvalue weighted by Crippen LogP contribution is 2.13. The Balaban J connectivity index is 2.43. The van der Waals surface area contributed by atoms with Gasteiger partial charge in [0.2, 0.25) is 0 Å². The van der Waals surface area contributed by atoms with Gasteiger partial charge in [0.05, 0.1) is 5.52 Å². The summed E-state index contributed by atoms with van der Waals surface area (Å²) in [6.07, 6.45) is 3.04. The van der Waals surface area contributed by atoms with Gasteiger partial charge in [-0.15, -0.1) is 11.3 Å². The number of fused-ring (bicyclic) bond motifs is 1. The molecule has 0 fully saturated rings. The van der Waals surface area contributed by atoms with Crippen LogP contribution in [0.15, 0.2) is 16.2 Å². The van der Waals surface area contributed by atoms with Crippen LogP contribution in [0.3, 0.4) is 0 Å². The standard InChI is InChI=1S/C10H12N2OS/c1-2-3-4-8-11-7-5-6-14-9(7)10(13)12-8/h5-6H,2-4H2,1H3,(H,11,12,13). The third-order valence-electron chi connectivity index (χ3n) is 2.13. The molecule has 0 bridgehead atoms. The first-order valence-electron chi connectivity index (χ1n) is 4.77. The monoisotopic (exact) mass is 208 g/mol. The van der Waals surface area contributed by atoms with Crippen LogP contribution in [0.4, 0.5) is 0 Å². The third-order valence-corrected chi connectivity index (χ3v) is 3.03. The fourth-order valence-corrected chi connectivity index (χ4v) is 2.11. The number of aryl methyl sites for hydroxylation is 1. The Bertz CT molecular complexity index is 486. The fourth-order valence-electron chi connectivity index (χ4n) is 1.38. The van der Waals surface area contributed by atoms with Crippen LogP contribution in [0.25, 0.3) is 10.2 Å². The van der Waals surface area contributed by atoms with Gasteiger partial charge in [0.25, 0.3) is 5.56 Å². The minimum Gasteiger partial charge on any atom is -0.309 e. The zero-order chi connectivity index (χ0) is 9.97. The molecule has 0 spiro atoms. The number of aromatic nitrogens is 2. The Labute approximate surface area is 85.8 Å². The highest BCUT2D eigenvalue weighted by molar-refractivity contribution is 7.17. The second-order valence-electron chi connectivity index (χ2n) is 3.25. The molecule has 74 valence electrons. The number of H-pyrrole nitrogens is 1. The van der Waals surface area contributed by atoms with Crippen molar-refractivity contribution >= 4 is 21.6 Å². The lowest BCUT2D eigenvalue weighted by Crippen LogP contribution is -2.10. The van der Waals surface area contributed by atoms with Gasteiger partial charge in [0, 0.05) is 6.42 Å². The number of nitrogens with zero attached hydrogens (tertiary/aromatic N) is 1. The van der Waals surface area contributed by atoms with Gasteiger partial charge in [0.15, 0.2) is 0 Å².